The average Bonchev–Trinajstić information content (AvgIpc) is 2.59. The molecule has 0 aliphatic carbocycles. The molecule has 23 heavy (non-hydrogen) atoms. The molecule has 0 atom stereocenters. The van der Waals surface area contributed by atoms with Gasteiger partial charge in [0, 0.05) is 6.54 Å². The van der Waals surface area contributed by atoms with Gasteiger partial charge in [-0.1, -0.05) is 66.2 Å². The van der Waals surface area contributed by atoms with Gasteiger partial charge < -0.3 is 15.4 Å². The Morgan fingerprint density at radius 1 is 0.957 bits per heavy atom. The van der Waals surface area contributed by atoms with Crippen LogP contribution in [0.25, 0.3) is 0 Å². The third kappa shape index (κ3) is 11.8. The lowest BCUT2D eigenvalue weighted by molar-refractivity contribution is -0.120. The summed E-state index contributed by atoms with van der Waals surface area (Å²) < 4.78 is 0. The smallest absolute Gasteiger partial charge is 0.233 e. The van der Waals surface area contributed by atoms with Crippen LogP contribution in [-0.2, 0) is 16.0 Å². The summed E-state index contributed by atoms with van der Waals surface area (Å²) >= 11 is 0. The van der Waals surface area contributed by atoms with Gasteiger partial charge in [0.2, 0.25) is 5.91 Å². The van der Waals surface area contributed by atoms with Crippen molar-refractivity contribution < 1.29 is 9.59 Å². The van der Waals surface area contributed by atoms with Gasteiger partial charge in [-0.2, -0.15) is 0 Å². The summed E-state index contributed by atoms with van der Waals surface area (Å²) in [4.78, 5) is 19.1. The minimum Gasteiger partial charge on any atom is -0.355 e. The third-order valence-corrected chi connectivity index (χ3v) is 2.86. The zero-order chi connectivity index (χ0) is 17.3. The Balaban J connectivity index is 0.000000449. The molecule has 124 valence electrons. The number of carbonyl (C=O) groups is 2. The fourth-order valence-corrected chi connectivity index (χ4v) is 1.75. The van der Waals surface area contributed by atoms with E-state index >= 15 is 0 Å². The SMILES string of the molecule is C=O.CNCC(=O)NCCc1ccccc1.Cc1ccccc1. The first kappa shape index (κ1) is 20.5. The molecule has 0 heterocycles. The number of hydrogen-bond acceptors (Lipinski definition) is 3. The van der Waals surface area contributed by atoms with E-state index in [2.05, 4.69) is 41.8 Å². The quantitative estimate of drug-likeness (QED) is 0.891. The van der Waals surface area contributed by atoms with Crippen molar-refractivity contribution in [3.8, 4) is 0 Å². The molecule has 4 heteroatoms. The summed E-state index contributed by atoms with van der Waals surface area (Å²) in [6.45, 7) is 5.17. The van der Waals surface area contributed by atoms with E-state index in [-0.39, 0.29) is 5.91 Å². The molecule has 0 fully saturated rings. The van der Waals surface area contributed by atoms with Crippen LogP contribution in [0.15, 0.2) is 60.7 Å². The normalized spacial score (nSPS) is 8.78. The fraction of sp³-hybridized carbons (Fsp3) is 0.263. The molecule has 2 aromatic carbocycles. The van der Waals surface area contributed by atoms with Crippen molar-refractivity contribution in [3.63, 3.8) is 0 Å². The van der Waals surface area contributed by atoms with E-state index in [1.807, 2.05) is 43.2 Å². The molecule has 0 spiro atoms. The second-order valence-electron chi connectivity index (χ2n) is 4.77. The number of nitrogens with one attached hydrogen (secondary N) is 2. The lowest BCUT2D eigenvalue weighted by atomic mass is 10.1. The van der Waals surface area contributed by atoms with Crippen LogP contribution in [-0.4, -0.2) is 32.8 Å². The van der Waals surface area contributed by atoms with Gasteiger partial charge in [-0.15, -0.1) is 0 Å². The number of aryl methyl sites for hydroxylation is 1. The minimum atomic E-state index is 0.0448. The highest BCUT2D eigenvalue weighted by Gasteiger charge is 1.97. The summed E-state index contributed by atoms with van der Waals surface area (Å²) in [7, 11) is 1.76. The van der Waals surface area contributed by atoms with Crippen molar-refractivity contribution >= 4 is 12.7 Å². The maximum absolute atomic E-state index is 11.1. The van der Waals surface area contributed by atoms with Crippen molar-refractivity contribution in [2.75, 3.05) is 20.1 Å². The van der Waals surface area contributed by atoms with Gasteiger partial charge in [0.1, 0.15) is 6.79 Å². The molecule has 1 amide bonds. The number of benzene rings is 2. The van der Waals surface area contributed by atoms with Gasteiger partial charge in [0.05, 0.1) is 6.54 Å². The van der Waals surface area contributed by atoms with Crippen LogP contribution in [0, 0.1) is 6.92 Å². The Labute approximate surface area is 138 Å². The van der Waals surface area contributed by atoms with Gasteiger partial charge >= 0.3 is 0 Å². The molecular weight excluding hydrogens is 288 g/mol. The number of amides is 1. The molecule has 4 nitrogen and oxygen atoms in total. The molecule has 0 radical (unpaired) electrons. The zero-order valence-corrected chi connectivity index (χ0v) is 13.9. The number of likely N-dealkylation sites (N-methyl/N-ethyl adjacent to an activating group) is 1. The first-order valence-corrected chi connectivity index (χ1v) is 7.48. The van der Waals surface area contributed by atoms with Crippen LogP contribution >= 0.6 is 0 Å². The predicted octanol–water partition coefficient (Wildman–Crippen LogP) is 2.37. The van der Waals surface area contributed by atoms with Gasteiger partial charge in [0.25, 0.3) is 0 Å². The lowest BCUT2D eigenvalue weighted by Gasteiger charge is -2.04. The Hall–Kier alpha value is -2.46. The molecule has 0 saturated carbocycles. The van der Waals surface area contributed by atoms with E-state index in [0.717, 1.165) is 6.42 Å². The standard InChI is InChI=1S/C11H16N2O.C7H8.CH2O/c1-12-9-11(14)13-8-7-10-5-3-2-4-6-10;1-7-5-3-2-4-6-7;1-2/h2-6,12H,7-9H2,1H3,(H,13,14);2-6H,1H3;1H2. The largest absolute Gasteiger partial charge is 0.355 e. The van der Waals surface area contributed by atoms with Crippen LogP contribution in [0.3, 0.4) is 0 Å². The third-order valence-electron chi connectivity index (χ3n) is 2.86. The molecule has 0 saturated heterocycles. The van der Waals surface area contributed by atoms with E-state index in [4.69, 9.17) is 4.79 Å². The highest BCUT2D eigenvalue weighted by atomic mass is 16.1. The Kier molecular flexibility index (Phi) is 12.9. The maximum atomic E-state index is 11.1. The predicted molar refractivity (Wildman–Crippen MR) is 95.4 cm³/mol. The molecule has 0 aliphatic heterocycles. The van der Waals surface area contributed by atoms with Crippen molar-refractivity contribution in [2.24, 2.45) is 0 Å². The molecule has 0 aromatic heterocycles. The van der Waals surface area contributed by atoms with Gasteiger partial charge in [-0.3, -0.25) is 4.79 Å². The number of carbonyl (C=O) groups excluding carboxylic acids is 2. The van der Waals surface area contributed by atoms with Gasteiger partial charge in [-0.25, -0.2) is 0 Å². The second kappa shape index (κ2) is 14.5. The van der Waals surface area contributed by atoms with Crippen molar-refractivity contribution in [3.05, 3.63) is 71.8 Å². The van der Waals surface area contributed by atoms with Crippen LogP contribution in [0.4, 0.5) is 0 Å². The van der Waals surface area contributed by atoms with E-state index in [1.165, 1.54) is 11.1 Å². The second-order valence-corrected chi connectivity index (χ2v) is 4.77. The monoisotopic (exact) mass is 314 g/mol. The Morgan fingerprint density at radius 3 is 1.91 bits per heavy atom. The van der Waals surface area contributed by atoms with Gasteiger partial charge in [-0.05, 0) is 26.0 Å². The number of rotatable bonds is 5. The summed E-state index contributed by atoms with van der Waals surface area (Å²) in [5.74, 6) is 0.0448. The first-order valence-electron chi connectivity index (χ1n) is 7.48. The van der Waals surface area contributed by atoms with Crippen LogP contribution in [0.1, 0.15) is 11.1 Å². The van der Waals surface area contributed by atoms with Crippen molar-refractivity contribution in [1.82, 2.24) is 10.6 Å². The fourth-order valence-electron chi connectivity index (χ4n) is 1.75. The van der Waals surface area contributed by atoms with E-state index in [9.17, 15) is 4.79 Å². The summed E-state index contributed by atoms with van der Waals surface area (Å²) in [5.41, 5.74) is 2.57. The van der Waals surface area contributed by atoms with Crippen LogP contribution < -0.4 is 10.6 Å². The minimum absolute atomic E-state index is 0.0448. The van der Waals surface area contributed by atoms with Crippen LogP contribution in [0.5, 0.6) is 0 Å². The van der Waals surface area contributed by atoms with E-state index < -0.39 is 0 Å². The molecule has 0 bridgehead atoms. The molecular formula is C19H26N2O2. The highest BCUT2D eigenvalue weighted by molar-refractivity contribution is 5.77. The summed E-state index contributed by atoms with van der Waals surface area (Å²) in [5, 5.41) is 5.63. The average molecular weight is 314 g/mol. The molecule has 2 aromatic rings. The molecule has 2 rings (SSSR count). The summed E-state index contributed by atoms with van der Waals surface area (Å²) in [6, 6.07) is 20.4. The lowest BCUT2D eigenvalue weighted by Crippen LogP contribution is -2.33. The highest BCUT2D eigenvalue weighted by Crippen LogP contribution is 1.97. The zero-order valence-electron chi connectivity index (χ0n) is 13.9. The van der Waals surface area contributed by atoms with Crippen LogP contribution in [0.2, 0.25) is 0 Å². The van der Waals surface area contributed by atoms with E-state index in [0.29, 0.717) is 13.1 Å². The Bertz CT molecular complexity index is 515. The molecule has 2 N–H and O–H groups in total. The maximum Gasteiger partial charge on any atom is 0.233 e. The molecule has 0 aliphatic rings. The van der Waals surface area contributed by atoms with Crippen molar-refractivity contribution in [1.29, 1.82) is 0 Å². The number of hydrogen-bond donors (Lipinski definition) is 2. The summed E-state index contributed by atoms with van der Waals surface area (Å²) in [6.07, 6.45) is 0.885. The Morgan fingerprint density at radius 2 is 1.48 bits per heavy atom. The van der Waals surface area contributed by atoms with E-state index in [1.54, 1.807) is 7.05 Å². The van der Waals surface area contributed by atoms with Crippen molar-refractivity contribution in [2.45, 2.75) is 13.3 Å². The topological polar surface area (TPSA) is 58.2 Å². The first-order chi connectivity index (χ1) is 11.2. The molecule has 0 unspecified atom stereocenters. The van der Waals surface area contributed by atoms with Gasteiger partial charge in [0.15, 0.2) is 0 Å².